The maximum absolute atomic E-state index is 12.5. The summed E-state index contributed by atoms with van der Waals surface area (Å²) in [5.74, 6) is 0.730. The van der Waals surface area contributed by atoms with Gasteiger partial charge in [-0.05, 0) is 48.6 Å². The summed E-state index contributed by atoms with van der Waals surface area (Å²) in [5, 5.41) is 2.86. The van der Waals surface area contributed by atoms with Crippen LogP contribution in [-0.4, -0.2) is 43.0 Å². The Bertz CT molecular complexity index is 868. The summed E-state index contributed by atoms with van der Waals surface area (Å²) in [5.41, 5.74) is 3.51. The molecule has 1 atom stereocenters. The SMILES string of the molecule is COc1cccc(COC(C)C(=O)NCCCC(=O)N2CCc3ccccc3C2)c1. The Labute approximate surface area is 178 Å². The fraction of sp³-hybridized carbons (Fsp3) is 0.417. The Morgan fingerprint density at radius 2 is 1.93 bits per heavy atom. The molecule has 1 aliphatic rings. The molecule has 1 unspecified atom stereocenters. The minimum atomic E-state index is -0.564. The average Bonchev–Trinajstić information content (AvgIpc) is 2.79. The minimum Gasteiger partial charge on any atom is -0.497 e. The van der Waals surface area contributed by atoms with Crippen LogP contribution >= 0.6 is 0 Å². The van der Waals surface area contributed by atoms with E-state index in [-0.39, 0.29) is 11.8 Å². The lowest BCUT2D eigenvalue weighted by Crippen LogP contribution is -2.37. The van der Waals surface area contributed by atoms with Gasteiger partial charge in [0.25, 0.3) is 0 Å². The number of amides is 2. The molecular formula is C24H30N2O4. The van der Waals surface area contributed by atoms with Gasteiger partial charge in [0, 0.05) is 26.1 Å². The summed E-state index contributed by atoms with van der Waals surface area (Å²) in [6.07, 6.45) is 1.39. The first-order valence-corrected chi connectivity index (χ1v) is 10.4. The molecule has 3 rings (SSSR count). The zero-order chi connectivity index (χ0) is 21.3. The molecule has 1 N–H and O–H groups in total. The smallest absolute Gasteiger partial charge is 0.248 e. The van der Waals surface area contributed by atoms with E-state index in [1.165, 1.54) is 11.1 Å². The van der Waals surface area contributed by atoms with Crippen molar-refractivity contribution in [3.05, 3.63) is 65.2 Å². The van der Waals surface area contributed by atoms with Gasteiger partial charge in [-0.15, -0.1) is 0 Å². The number of ether oxygens (including phenoxy) is 2. The van der Waals surface area contributed by atoms with Crippen LogP contribution in [0.4, 0.5) is 0 Å². The number of benzene rings is 2. The number of nitrogens with zero attached hydrogens (tertiary/aromatic N) is 1. The Morgan fingerprint density at radius 1 is 1.13 bits per heavy atom. The van der Waals surface area contributed by atoms with Crippen molar-refractivity contribution in [2.75, 3.05) is 20.2 Å². The normalized spacial score (nSPS) is 14.0. The highest BCUT2D eigenvalue weighted by molar-refractivity contribution is 5.80. The molecule has 1 aliphatic heterocycles. The number of hydrogen-bond donors (Lipinski definition) is 1. The van der Waals surface area contributed by atoms with E-state index >= 15 is 0 Å². The van der Waals surface area contributed by atoms with E-state index in [2.05, 4.69) is 17.4 Å². The lowest BCUT2D eigenvalue weighted by Gasteiger charge is -2.29. The van der Waals surface area contributed by atoms with Crippen LogP contribution in [0, 0.1) is 0 Å². The van der Waals surface area contributed by atoms with Gasteiger partial charge < -0.3 is 19.7 Å². The maximum atomic E-state index is 12.5. The van der Waals surface area contributed by atoms with E-state index in [0.29, 0.717) is 32.5 Å². The summed E-state index contributed by atoms with van der Waals surface area (Å²) in [4.78, 5) is 26.6. The van der Waals surface area contributed by atoms with Gasteiger partial charge in [0.15, 0.2) is 0 Å². The standard InChI is InChI=1S/C24H30N2O4/c1-18(30-17-19-7-5-10-22(15-19)29-2)24(28)25-13-6-11-23(27)26-14-12-20-8-3-4-9-21(20)16-26/h3-5,7-10,15,18H,6,11-14,16-17H2,1-2H3,(H,25,28). The van der Waals surface area contributed by atoms with Crippen LogP contribution in [-0.2, 0) is 33.9 Å². The van der Waals surface area contributed by atoms with Gasteiger partial charge in [0.05, 0.1) is 13.7 Å². The first kappa shape index (κ1) is 21.8. The topological polar surface area (TPSA) is 67.9 Å². The lowest BCUT2D eigenvalue weighted by atomic mass is 9.99. The molecule has 30 heavy (non-hydrogen) atoms. The second-order valence-electron chi connectivity index (χ2n) is 7.53. The molecule has 0 fully saturated rings. The second kappa shape index (κ2) is 10.8. The third kappa shape index (κ3) is 6.07. The summed E-state index contributed by atoms with van der Waals surface area (Å²) < 4.78 is 10.8. The zero-order valence-corrected chi connectivity index (χ0v) is 17.7. The average molecular weight is 411 g/mol. The van der Waals surface area contributed by atoms with E-state index in [1.54, 1.807) is 14.0 Å². The number of hydrogen-bond acceptors (Lipinski definition) is 4. The Balaban J connectivity index is 1.33. The van der Waals surface area contributed by atoms with Crippen molar-refractivity contribution in [2.45, 2.75) is 45.4 Å². The van der Waals surface area contributed by atoms with Crippen molar-refractivity contribution in [3.63, 3.8) is 0 Å². The second-order valence-corrected chi connectivity index (χ2v) is 7.53. The molecule has 0 saturated heterocycles. The quantitative estimate of drug-likeness (QED) is 0.645. The maximum Gasteiger partial charge on any atom is 0.248 e. The third-order valence-electron chi connectivity index (χ3n) is 5.35. The predicted octanol–water partition coefficient (Wildman–Crippen LogP) is 3.08. The molecule has 0 spiro atoms. The van der Waals surface area contributed by atoms with Gasteiger partial charge in [-0.3, -0.25) is 9.59 Å². The molecule has 0 aromatic heterocycles. The molecule has 2 aromatic rings. The highest BCUT2D eigenvalue weighted by Crippen LogP contribution is 2.19. The number of methoxy groups -OCH3 is 1. The molecule has 6 nitrogen and oxygen atoms in total. The molecular weight excluding hydrogens is 380 g/mol. The molecule has 1 heterocycles. The summed E-state index contributed by atoms with van der Waals surface area (Å²) >= 11 is 0. The molecule has 0 radical (unpaired) electrons. The van der Waals surface area contributed by atoms with E-state index < -0.39 is 6.10 Å². The van der Waals surface area contributed by atoms with Crippen molar-refractivity contribution in [1.82, 2.24) is 10.2 Å². The molecule has 6 heteroatoms. The van der Waals surface area contributed by atoms with Crippen LogP contribution in [0.15, 0.2) is 48.5 Å². The van der Waals surface area contributed by atoms with Gasteiger partial charge in [0.1, 0.15) is 11.9 Å². The van der Waals surface area contributed by atoms with Crippen LogP contribution in [0.1, 0.15) is 36.5 Å². The van der Waals surface area contributed by atoms with Gasteiger partial charge in [-0.25, -0.2) is 0 Å². The fourth-order valence-electron chi connectivity index (χ4n) is 3.52. The van der Waals surface area contributed by atoms with E-state index in [4.69, 9.17) is 9.47 Å². The molecule has 2 aromatic carbocycles. The first-order valence-electron chi connectivity index (χ1n) is 10.4. The number of rotatable bonds is 9. The molecule has 2 amide bonds. The van der Waals surface area contributed by atoms with Crippen LogP contribution in [0.2, 0.25) is 0 Å². The predicted molar refractivity (Wildman–Crippen MR) is 115 cm³/mol. The summed E-state index contributed by atoms with van der Waals surface area (Å²) in [6.45, 7) is 3.96. The monoisotopic (exact) mass is 410 g/mol. The molecule has 0 saturated carbocycles. The van der Waals surface area contributed by atoms with Crippen LogP contribution in [0.5, 0.6) is 5.75 Å². The minimum absolute atomic E-state index is 0.140. The van der Waals surface area contributed by atoms with Crippen molar-refractivity contribution in [2.24, 2.45) is 0 Å². The zero-order valence-electron chi connectivity index (χ0n) is 17.7. The van der Waals surface area contributed by atoms with Crippen molar-refractivity contribution >= 4 is 11.8 Å². The van der Waals surface area contributed by atoms with Gasteiger partial charge in [-0.1, -0.05) is 36.4 Å². The molecule has 160 valence electrons. The van der Waals surface area contributed by atoms with E-state index in [0.717, 1.165) is 24.3 Å². The first-order chi connectivity index (χ1) is 14.6. The Hall–Kier alpha value is -2.86. The fourth-order valence-corrected chi connectivity index (χ4v) is 3.52. The summed E-state index contributed by atoms with van der Waals surface area (Å²) in [7, 11) is 1.62. The number of carbonyl (C=O) groups excluding carboxylic acids is 2. The number of carbonyl (C=O) groups is 2. The number of nitrogens with one attached hydrogen (secondary N) is 1. The van der Waals surface area contributed by atoms with Gasteiger partial charge >= 0.3 is 0 Å². The van der Waals surface area contributed by atoms with Crippen LogP contribution in [0.3, 0.4) is 0 Å². The van der Waals surface area contributed by atoms with Crippen LogP contribution < -0.4 is 10.1 Å². The highest BCUT2D eigenvalue weighted by Gasteiger charge is 2.20. The highest BCUT2D eigenvalue weighted by atomic mass is 16.5. The van der Waals surface area contributed by atoms with Crippen molar-refractivity contribution in [3.8, 4) is 5.75 Å². The van der Waals surface area contributed by atoms with Gasteiger partial charge in [0.2, 0.25) is 11.8 Å². The van der Waals surface area contributed by atoms with Crippen molar-refractivity contribution in [1.29, 1.82) is 0 Å². The third-order valence-corrected chi connectivity index (χ3v) is 5.35. The van der Waals surface area contributed by atoms with Gasteiger partial charge in [-0.2, -0.15) is 0 Å². The van der Waals surface area contributed by atoms with Crippen molar-refractivity contribution < 1.29 is 19.1 Å². The molecule has 0 bridgehead atoms. The molecule has 0 aliphatic carbocycles. The largest absolute Gasteiger partial charge is 0.497 e. The van der Waals surface area contributed by atoms with E-state index in [1.807, 2.05) is 41.3 Å². The Kier molecular flexibility index (Phi) is 7.85. The lowest BCUT2D eigenvalue weighted by molar-refractivity contribution is -0.134. The number of fused-ring (bicyclic) bond motifs is 1. The Morgan fingerprint density at radius 3 is 2.73 bits per heavy atom. The summed E-state index contributed by atoms with van der Waals surface area (Å²) in [6, 6.07) is 15.8. The van der Waals surface area contributed by atoms with E-state index in [9.17, 15) is 9.59 Å². The van der Waals surface area contributed by atoms with Crippen LogP contribution in [0.25, 0.3) is 0 Å².